The molecule has 0 atom stereocenters. The van der Waals surface area contributed by atoms with E-state index in [1.165, 1.54) is 37.6 Å². The Balaban J connectivity index is 1.55. The molecule has 38 heavy (non-hydrogen) atoms. The average molecular weight is 539 g/mol. The van der Waals surface area contributed by atoms with Crippen molar-refractivity contribution in [1.29, 1.82) is 0 Å². The molecule has 0 aliphatic heterocycles. The molecule has 0 bridgehead atoms. The molecule has 3 aromatic heterocycles. The van der Waals surface area contributed by atoms with Crippen LogP contribution in [0.3, 0.4) is 0 Å². The van der Waals surface area contributed by atoms with E-state index in [2.05, 4.69) is 25.9 Å². The molecular weight excluding hydrogens is 511 g/mol. The molecule has 0 aliphatic carbocycles. The van der Waals surface area contributed by atoms with Gasteiger partial charge in [0.05, 0.1) is 33.1 Å². The fraction of sp³-hybridized carbons (Fsp3) is 0.231. The maximum atomic E-state index is 15.0. The Morgan fingerprint density at radius 2 is 1.82 bits per heavy atom. The summed E-state index contributed by atoms with van der Waals surface area (Å²) in [5, 5.41) is 8.00. The number of aromatic nitrogens is 2. The van der Waals surface area contributed by atoms with Crippen LogP contribution >= 0.6 is 11.3 Å². The third-order valence-corrected chi connectivity index (χ3v) is 6.65. The molecule has 0 spiro atoms. The first-order valence-electron chi connectivity index (χ1n) is 11.7. The Hall–Kier alpha value is -4.13. The minimum absolute atomic E-state index is 0.0512. The second kappa shape index (κ2) is 12.4. The summed E-state index contributed by atoms with van der Waals surface area (Å²) >= 11 is 1.44. The van der Waals surface area contributed by atoms with Gasteiger partial charge in [-0.1, -0.05) is 6.07 Å². The first-order valence-corrected chi connectivity index (χ1v) is 12.5. The second-order valence-electron chi connectivity index (χ2n) is 8.02. The van der Waals surface area contributed by atoms with E-state index in [1.54, 1.807) is 19.4 Å². The number of imide groups is 1. The smallest absolute Gasteiger partial charge is 0.329 e. The van der Waals surface area contributed by atoms with Crippen LogP contribution in [0, 0.1) is 5.82 Å². The van der Waals surface area contributed by atoms with Gasteiger partial charge in [0.25, 0.3) is 0 Å². The van der Waals surface area contributed by atoms with Gasteiger partial charge >= 0.3 is 12.1 Å². The Labute approximate surface area is 222 Å². The molecule has 3 heterocycles. The van der Waals surface area contributed by atoms with E-state index in [-0.39, 0.29) is 11.4 Å². The van der Waals surface area contributed by atoms with Gasteiger partial charge in [0.1, 0.15) is 5.75 Å². The molecule has 0 saturated heterocycles. The Morgan fingerprint density at radius 1 is 1.03 bits per heavy atom. The van der Waals surface area contributed by atoms with Gasteiger partial charge in [-0.2, -0.15) is 0 Å². The molecular formula is C26H27FN6O4S. The van der Waals surface area contributed by atoms with Crippen molar-refractivity contribution in [3.63, 3.8) is 0 Å². The van der Waals surface area contributed by atoms with Crippen LogP contribution in [-0.2, 0) is 11.3 Å². The molecule has 4 rings (SSSR count). The summed E-state index contributed by atoms with van der Waals surface area (Å²) in [4.78, 5) is 35.0. The fourth-order valence-electron chi connectivity index (χ4n) is 3.58. The van der Waals surface area contributed by atoms with Gasteiger partial charge in [-0.05, 0) is 29.8 Å². The number of nitrogens with zero attached hydrogens (tertiary/aromatic N) is 3. The molecule has 0 radical (unpaired) electrons. The number of ether oxygens (including phenoxy) is 2. The quantitative estimate of drug-likeness (QED) is 0.268. The number of hydrogen-bond acceptors (Lipinski definition) is 8. The van der Waals surface area contributed by atoms with Crippen molar-refractivity contribution >= 4 is 39.3 Å². The third-order valence-electron chi connectivity index (χ3n) is 5.49. The maximum absolute atomic E-state index is 15.0. The van der Waals surface area contributed by atoms with Crippen LogP contribution in [0.15, 0.2) is 54.9 Å². The molecule has 4 aromatic rings. The van der Waals surface area contributed by atoms with Crippen LogP contribution in [-0.4, -0.2) is 56.4 Å². The highest BCUT2D eigenvalue weighted by molar-refractivity contribution is 7.22. The van der Waals surface area contributed by atoms with Crippen LogP contribution in [0.4, 0.5) is 19.7 Å². The van der Waals surface area contributed by atoms with Crippen LogP contribution in [0.2, 0.25) is 0 Å². The number of nitrogens with one attached hydrogen (secondary N) is 3. The van der Waals surface area contributed by atoms with Crippen LogP contribution in [0.1, 0.15) is 5.56 Å². The number of carbonyl (C=O) groups excluding carboxylic acids is 2. The normalized spacial score (nSPS) is 10.8. The van der Waals surface area contributed by atoms with Gasteiger partial charge in [0, 0.05) is 58.8 Å². The molecule has 0 fully saturated rings. The van der Waals surface area contributed by atoms with Crippen molar-refractivity contribution in [1.82, 2.24) is 25.9 Å². The summed E-state index contributed by atoms with van der Waals surface area (Å²) in [5.41, 5.74) is 2.59. The van der Waals surface area contributed by atoms with Crippen molar-refractivity contribution in [2.75, 3.05) is 39.3 Å². The van der Waals surface area contributed by atoms with Crippen molar-refractivity contribution in [2.45, 2.75) is 6.54 Å². The fourth-order valence-corrected chi connectivity index (χ4v) is 4.63. The van der Waals surface area contributed by atoms with E-state index < -0.39 is 17.9 Å². The summed E-state index contributed by atoms with van der Waals surface area (Å²) in [7, 11) is 4.42. The van der Waals surface area contributed by atoms with Gasteiger partial charge < -0.3 is 25.4 Å². The van der Waals surface area contributed by atoms with E-state index >= 15 is 4.39 Å². The zero-order valence-corrected chi connectivity index (χ0v) is 21.9. The van der Waals surface area contributed by atoms with Gasteiger partial charge in [0.2, 0.25) is 0 Å². The van der Waals surface area contributed by atoms with Gasteiger partial charge in [-0.15, -0.1) is 11.3 Å². The maximum Gasteiger partial charge on any atom is 0.329 e. The molecule has 12 heteroatoms. The highest BCUT2D eigenvalue weighted by Gasteiger charge is 2.23. The van der Waals surface area contributed by atoms with Crippen LogP contribution in [0.5, 0.6) is 11.5 Å². The highest BCUT2D eigenvalue weighted by atomic mass is 32.1. The zero-order valence-electron chi connectivity index (χ0n) is 21.1. The number of pyridine rings is 2. The number of anilines is 1. The van der Waals surface area contributed by atoms with Gasteiger partial charge in [-0.3, -0.25) is 9.97 Å². The summed E-state index contributed by atoms with van der Waals surface area (Å²) in [5.74, 6) is -0.377. The number of hydrogen-bond donors (Lipinski definition) is 3. The molecule has 0 saturated carbocycles. The number of carbonyl (C=O) groups is 2. The number of methoxy groups -OCH3 is 1. The standard InChI is InChI=1S/C26H27FN6O4S/c1-28-25(34)33(26(35)29-2)17-5-7-21(18(27)12-17)37-22-8-9-31-20-13-23(38-24(20)22)19-6-4-16(15-32-19)14-30-10-11-36-3/h4-9,12-13,15,30H,10-11,14H2,1-3H3,(H,28,34)(H,29,35). The van der Waals surface area contributed by atoms with Gasteiger partial charge in [0.15, 0.2) is 11.6 Å². The third kappa shape index (κ3) is 6.05. The minimum Gasteiger partial charge on any atom is -0.453 e. The van der Waals surface area contributed by atoms with Gasteiger partial charge in [-0.25, -0.2) is 18.9 Å². The number of urea groups is 2. The number of halogens is 1. The molecule has 10 nitrogen and oxygen atoms in total. The topological polar surface area (TPSA) is 118 Å². The molecule has 4 amide bonds. The molecule has 0 unspecified atom stereocenters. The van der Waals surface area contributed by atoms with Crippen molar-refractivity contribution in [2.24, 2.45) is 0 Å². The lowest BCUT2D eigenvalue weighted by atomic mass is 10.2. The van der Waals surface area contributed by atoms with Crippen molar-refractivity contribution in [3.05, 3.63) is 66.2 Å². The second-order valence-corrected chi connectivity index (χ2v) is 9.07. The lowest BCUT2D eigenvalue weighted by molar-refractivity contribution is 0.199. The highest BCUT2D eigenvalue weighted by Crippen LogP contribution is 2.39. The number of benzene rings is 1. The Morgan fingerprint density at radius 3 is 2.47 bits per heavy atom. The summed E-state index contributed by atoms with van der Waals surface area (Å²) in [6, 6.07) is 9.97. The minimum atomic E-state index is -0.738. The number of amides is 4. The number of fused-ring (bicyclic) bond motifs is 1. The Kier molecular flexibility index (Phi) is 8.79. The summed E-state index contributed by atoms with van der Waals surface area (Å²) < 4.78 is 26.7. The van der Waals surface area contributed by atoms with E-state index in [0.29, 0.717) is 24.4 Å². The molecule has 1 aromatic carbocycles. The SMILES string of the molecule is CNC(=O)N(C(=O)NC)c1ccc(Oc2ccnc3cc(-c4ccc(CNCCOC)cn4)sc23)c(F)c1. The summed E-state index contributed by atoms with van der Waals surface area (Å²) in [6.45, 7) is 2.09. The number of thiophene rings is 1. The number of rotatable bonds is 9. The molecule has 198 valence electrons. The van der Waals surface area contributed by atoms with Crippen LogP contribution in [0.25, 0.3) is 20.8 Å². The van der Waals surface area contributed by atoms with E-state index in [1.807, 2.05) is 24.4 Å². The first kappa shape index (κ1) is 26.9. The monoisotopic (exact) mass is 538 g/mol. The largest absolute Gasteiger partial charge is 0.453 e. The van der Waals surface area contributed by atoms with Crippen molar-refractivity contribution in [3.8, 4) is 22.1 Å². The first-order chi connectivity index (χ1) is 18.4. The lowest BCUT2D eigenvalue weighted by Gasteiger charge is -2.20. The predicted octanol–water partition coefficient (Wildman–Crippen LogP) is 4.51. The van der Waals surface area contributed by atoms with Crippen LogP contribution < -0.4 is 25.6 Å². The molecule has 3 N–H and O–H groups in total. The van der Waals surface area contributed by atoms with E-state index in [9.17, 15) is 9.59 Å². The Bertz CT molecular complexity index is 1410. The van der Waals surface area contributed by atoms with E-state index in [4.69, 9.17) is 9.47 Å². The summed E-state index contributed by atoms with van der Waals surface area (Å²) in [6.07, 6.45) is 3.41. The van der Waals surface area contributed by atoms with E-state index in [0.717, 1.165) is 38.3 Å². The molecule has 0 aliphatic rings. The lowest BCUT2D eigenvalue weighted by Crippen LogP contribution is -2.46. The average Bonchev–Trinajstić information content (AvgIpc) is 3.38. The van der Waals surface area contributed by atoms with Crippen molar-refractivity contribution < 1.29 is 23.5 Å². The predicted molar refractivity (Wildman–Crippen MR) is 144 cm³/mol. The zero-order chi connectivity index (χ0) is 27.1.